The van der Waals surface area contributed by atoms with Crippen molar-refractivity contribution in [3.05, 3.63) is 53.7 Å². The molecule has 1 heterocycles. The van der Waals surface area contributed by atoms with Gasteiger partial charge in [-0.1, -0.05) is 6.07 Å². The molecule has 1 aromatic carbocycles. The number of hydrogen-bond donors (Lipinski definition) is 1. The molecule has 0 aliphatic carbocycles. The number of sulfonamides is 1. The average Bonchev–Trinajstić information content (AvgIpc) is 2.31. The number of anilines is 1. The molecule has 0 spiro atoms. The molecule has 0 saturated carbocycles. The summed E-state index contributed by atoms with van der Waals surface area (Å²) in [5.41, 5.74) is 0.584. The van der Waals surface area contributed by atoms with Gasteiger partial charge in [-0.05, 0) is 36.8 Å². The van der Waals surface area contributed by atoms with Crippen LogP contribution in [0.1, 0.15) is 5.56 Å². The number of rotatable bonds is 3. The SMILES string of the molecule is Cc1ccc(S(=O)(=O)Nc2ncccc2F)c(F)c1. The molecule has 19 heavy (non-hydrogen) atoms. The lowest BCUT2D eigenvalue weighted by atomic mass is 10.2. The number of nitrogens with one attached hydrogen (secondary N) is 1. The van der Waals surface area contributed by atoms with Crippen LogP contribution in [0.3, 0.4) is 0 Å². The van der Waals surface area contributed by atoms with Crippen LogP contribution >= 0.6 is 0 Å². The van der Waals surface area contributed by atoms with E-state index in [1.54, 1.807) is 6.92 Å². The molecular weight excluding hydrogens is 274 g/mol. The third kappa shape index (κ3) is 2.87. The summed E-state index contributed by atoms with van der Waals surface area (Å²) in [5, 5.41) is 0. The Balaban J connectivity index is 2.41. The summed E-state index contributed by atoms with van der Waals surface area (Å²) < 4.78 is 52.7. The second kappa shape index (κ2) is 4.93. The highest BCUT2D eigenvalue weighted by molar-refractivity contribution is 7.92. The van der Waals surface area contributed by atoms with Crippen molar-refractivity contribution < 1.29 is 17.2 Å². The second-order valence-electron chi connectivity index (χ2n) is 3.87. The zero-order chi connectivity index (χ0) is 14.0. The molecule has 0 amide bonds. The third-order valence-corrected chi connectivity index (χ3v) is 3.74. The first kappa shape index (κ1) is 13.4. The van der Waals surface area contributed by atoms with Crippen molar-refractivity contribution in [2.45, 2.75) is 11.8 Å². The van der Waals surface area contributed by atoms with Crippen molar-refractivity contribution >= 4 is 15.8 Å². The molecule has 4 nitrogen and oxygen atoms in total. The molecule has 0 bridgehead atoms. The Morgan fingerprint density at radius 2 is 1.89 bits per heavy atom. The first-order valence-electron chi connectivity index (χ1n) is 5.29. The summed E-state index contributed by atoms with van der Waals surface area (Å²) in [5.74, 6) is -2.20. The fourth-order valence-corrected chi connectivity index (χ4v) is 2.54. The van der Waals surface area contributed by atoms with E-state index in [9.17, 15) is 17.2 Å². The van der Waals surface area contributed by atoms with Crippen LogP contribution in [-0.2, 0) is 10.0 Å². The fraction of sp³-hybridized carbons (Fsp3) is 0.0833. The summed E-state index contributed by atoms with van der Waals surface area (Å²) >= 11 is 0. The van der Waals surface area contributed by atoms with Crippen molar-refractivity contribution in [1.29, 1.82) is 0 Å². The predicted octanol–water partition coefficient (Wildman–Crippen LogP) is 2.47. The molecule has 0 unspecified atom stereocenters. The van der Waals surface area contributed by atoms with E-state index in [-0.39, 0.29) is 0 Å². The predicted molar refractivity (Wildman–Crippen MR) is 66.1 cm³/mol. The zero-order valence-corrected chi connectivity index (χ0v) is 10.7. The number of hydrogen-bond acceptors (Lipinski definition) is 3. The van der Waals surface area contributed by atoms with E-state index in [0.717, 1.165) is 18.2 Å². The zero-order valence-electron chi connectivity index (χ0n) is 9.89. The van der Waals surface area contributed by atoms with Gasteiger partial charge in [-0.25, -0.2) is 22.2 Å². The Bertz CT molecular complexity index is 717. The molecule has 0 radical (unpaired) electrons. The molecular formula is C12H10F2N2O2S. The van der Waals surface area contributed by atoms with Crippen molar-refractivity contribution in [2.24, 2.45) is 0 Å². The van der Waals surface area contributed by atoms with E-state index in [4.69, 9.17) is 0 Å². The minimum atomic E-state index is -4.21. The molecule has 0 aliphatic heterocycles. The maximum atomic E-state index is 13.6. The van der Waals surface area contributed by atoms with Gasteiger partial charge in [-0.2, -0.15) is 0 Å². The van der Waals surface area contributed by atoms with E-state index < -0.39 is 32.4 Å². The van der Waals surface area contributed by atoms with Crippen LogP contribution in [0, 0.1) is 18.6 Å². The van der Waals surface area contributed by atoms with Gasteiger partial charge in [0.05, 0.1) is 0 Å². The quantitative estimate of drug-likeness (QED) is 0.942. The third-order valence-electron chi connectivity index (χ3n) is 2.37. The highest BCUT2D eigenvalue weighted by Crippen LogP contribution is 2.19. The number of halogens is 2. The van der Waals surface area contributed by atoms with E-state index in [1.807, 2.05) is 4.72 Å². The number of benzene rings is 1. The number of aromatic nitrogens is 1. The molecule has 7 heteroatoms. The van der Waals surface area contributed by atoms with Gasteiger partial charge in [0.2, 0.25) is 0 Å². The van der Waals surface area contributed by atoms with Gasteiger partial charge in [0.1, 0.15) is 10.7 Å². The van der Waals surface area contributed by atoms with Crippen molar-refractivity contribution in [1.82, 2.24) is 4.98 Å². The maximum absolute atomic E-state index is 13.6. The Morgan fingerprint density at radius 1 is 1.16 bits per heavy atom. The minimum absolute atomic E-state index is 0.470. The Hall–Kier alpha value is -2.02. The van der Waals surface area contributed by atoms with Crippen LogP contribution in [0.5, 0.6) is 0 Å². The molecule has 100 valence electrons. The van der Waals surface area contributed by atoms with Crippen LogP contribution in [-0.4, -0.2) is 13.4 Å². The molecule has 1 N–H and O–H groups in total. The van der Waals surface area contributed by atoms with Gasteiger partial charge in [-0.3, -0.25) is 4.72 Å². The number of nitrogens with zero attached hydrogens (tertiary/aromatic N) is 1. The molecule has 0 aliphatic rings. The van der Waals surface area contributed by atoms with Crippen molar-refractivity contribution in [3.8, 4) is 0 Å². The molecule has 0 saturated heterocycles. The Morgan fingerprint density at radius 3 is 2.53 bits per heavy atom. The van der Waals surface area contributed by atoms with Gasteiger partial charge in [-0.15, -0.1) is 0 Å². The summed E-state index contributed by atoms with van der Waals surface area (Å²) in [6.07, 6.45) is 1.23. The van der Waals surface area contributed by atoms with Crippen LogP contribution in [0.25, 0.3) is 0 Å². The summed E-state index contributed by atoms with van der Waals surface area (Å²) in [6, 6.07) is 6.03. The van der Waals surface area contributed by atoms with E-state index >= 15 is 0 Å². The normalized spacial score (nSPS) is 11.3. The largest absolute Gasteiger partial charge is 0.266 e. The Kier molecular flexibility index (Phi) is 3.48. The smallest absolute Gasteiger partial charge is 0.261 e. The van der Waals surface area contributed by atoms with Crippen molar-refractivity contribution in [3.63, 3.8) is 0 Å². The van der Waals surface area contributed by atoms with Gasteiger partial charge in [0.25, 0.3) is 10.0 Å². The molecule has 0 atom stereocenters. The van der Waals surface area contributed by atoms with Gasteiger partial charge < -0.3 is 0 Å². The molecule has 2 aromatic rings. The topological polar surface area (TPSA) is 59.1 Å². The monoisotopic (exact) mass is 284 g/mol. The summed E-state index contributed by atoms with van der Waals surface area (Å²) in [4.78, 5) is 3.00. The molecule has 0 fully saturated rings. The highest BCUT2D eigenvalue weighted by atomic mass is 32.2. The van der Waals surface area contributed by atoms with Crippen molar-refractivity contribution in [2.75, 3.05) is 4.72 Å². The van der Waals surface area contributed by atoms with Crippen LogP contribution in [0.4, 0.5) is 14.6 Å². The van der Waals surface area contributed by atoms with Gasteiger partial charge in [0.15, 0.2) is 11.6 Å². The van der Waals surface area contributed by atoms with Gasteiger partial charge in [0, 0.05) is 6.20 Å². The first-order valence-corrected chi connectivity index (χ1v) is 6.78. The lowest BCUT2D eigenvalue weighted by Crippen LogP contribution is -2.16. The fourth-order valence-electron chi connectivity index (χ4n) is 1.47. The van der Waals surface area contributed by atoms with E-state index in [0.29, 0.717) is 5.56 Å². The average molecular weight is 284 g/mol. The second-order valence-corrected chi connectivity index (χ2v) is 5.52. The highest BCUT2D eigenvalue weighted by Gasteiger charge is 2.20. The maximum Gasteiger partial charge on any atom is 0.266 e. The number of aryl methyl sites for hydroxylation is 1. The van der Waals surface area contributed by atoms with Crippen LogP contribution in [0.15, 0.2) is 41.4 Å². The Labute approximate surface area is 109 Å². The van der Waals surface area contributed by atoms with Crippen LogP contribution < -0.4 is 4.72 Å². The lowest BCUT2D eigenvalue weighted by molar-refractivity contribution is 0.568. The molecule has 2 rings (SSSR count). The summed E-state index contributed by atoms with van der Waals surface area (Å²) in [7, 11) is -4.21. The van der Waals surface area contributed by atoms with E-state index in [2.05, 4.69) is 4.98 Å². The van der Waals surface area contributed by atoms with Gasteiger partial charge >= 0.3 is 0 Å². The molecule has 1 aromatic heterocycles. The lowest BCUT2D eigenvalue weighted by Gasteiger charge is -2.09. The summed E-state index contributed by atoms with van der Waals surface area (Å²) in [6.45, 7) is 1.63. The number of pyridine rings is 1. The standard InChI is InChI=1S/C12H10F2N2O2S/c1-8-4-5-11(10(14)7-8)19(17,18)16-12-9(13)3-2-6-15-12/h2-7H,1H3,(H,15,16). The first-order chi connectivity index (χ1) is 8.90. The van der Waals surface area contributed by atoms with Crippen LogP contribution in [0.2, 0.25) is 0 Å². The van der Waals surface area contributed by atoms with E-state index in [1.165, 1.54) is 18.3 Å². The minimum Gasteiger partial charge on any atom is -0.261 e.